The zero-order chi connectivity index (χ0) is 8.81. The van der Waals surface area contributed by atoms with Crippen molar-refractivity contribution in [2.45, 2.75) is 29.7 Å². The van der Waals surface area contributed by atoms with Gasteiger partial charge >= 0.3 is 0 Å². The van der Waals surface area contributed by atoms with Crippen molar-refractivity contribution in [2.24, 2.45) is 0 Å². The fourth-order valence-electron chi connectivity index (χ4n) is 1.39. The van der Waals surface area contributed by atoms with Gasteiger partial charge in [-0.25, -0.2) is 0 Å². The van der Waals surface area contributed by atoms with Crippen LogP contribution in [-0.4, -0.2) is 19.1 Å². The number of aromatic nitrogens is 1. The Labute approximate surface area is 79.2 Å². The lowest BCUT2D eigenvalue weighted by atomic mass is 10.4. The Morgan fingerprint density at radius 2 is 2.00 bits per heavy atom. The number of hydrogen-bond donors (Lipinski definition) is 0. The van der Waals surface area contributed by atoms with Crippen molar-refractivity contribution in [1.82, 2.24) is 4.98 Å². The SMILES string of the molecule is C[CH2][Al]([CH2]C)[CH2]c1ccccn1. The molecule has 0 saturated carbocycles. The van der Waals surface area contributed by atoms with Gasteiger partial charge in [0.25, 0.3) is 14.1 Å². The van der Waals surface area contributed by atoms with Crippen LogP contribution in [0.15, 0.2) is 24.4 Å². The van der Waals surface area contributed by atoms with Crippen LogP contribution in [-0.2, 0) is 5.28 Å². The van der Waals surface area contributed by atoms with Gasteiger partial charge in [0.15, 0.2) is 0 Å². The largest absolute Gasteiger partial charge is 0.269 e. The highest BCUT2D eigenvalue weighted by molar-refractivity contribution is 6.57. The van der Waals surface area contributed by atoms with Gasteiger partial charge in [0.05, 0.1) is 0 Å². The van der Waals surface area contributed by atoms with Crippen molar-refractivity contribution in [3.05, 3.63) is 30.1 Å². The third kappa shape index (κ3) is 2.97. The number of rotatable bonds is 4. The van der Waals surface area contributed by atoms with E-state index < -0.39 is 14.1 Å². The minimum absolute atomic E-state index is 0.481. The van der Waals surface area contributed by atoms with Crippen LogP contribution in [0, 0.1) is 0 Å². The summed E-state index contributed by atoms with van der Waals surface area (Å²) in [7, 11) is 0. The maximum absolute atomic E-state index is 4.35. The van der Waals surface area contributed by atoms with Gasteiger partial charge in [0, 0.05) is 11.9 Å². The van der Waals surface area contributed by atoms with Crippen LogP contribution in [0.1, 0.15) is 19.5 Å². The Hall–Kier alpha value is -0.318. The first-order valence-corrected chi connectivity index (χ1v) is 7.21. The maximum Gasteiger partial charge on any atom is 0.269 e. The number of hydrogen-bond acceptors (Lipinski definition) is 1. The molecule has 64 valence electrons. The van der Waals surface area contributed by atoms with Crippen LogP contribution < -0.4 is 0 Å². The van der Waals surface area contributed by atoms with Crippen molar-refractivity contribution in [3.8, 4) is 0 Å². The molecule has 0 atom stereocenters. The molecule has 0 N–H and O–H groups in total. The quantitative estimate of drug-likeness (QED) is 0.644. The summed E-state index contributed by atoms with van der Waals surface area (Å²) >= 11 is -0.481. The Morgan fingerprint density at radius 1 is 1.25 bits per heavy atom. The molecule has 0 aliphatic carbocycles. The molecule has 0 saturated heterocycles. The van der Waals surface area contributed by atoms with Crippen molar-refractivity contribution in [2.75, 3.05) is 0 Å². The molecule has 0 amide bonds. The lowest BCUT2D eigenvalue weighted by Crippen LogP contribution is -2.14. The molecule has 0 spiro atoms. The number of pyridine rings is 1. The summed E-state index contributed by atoms with van der Waals surface area (Å²) in [5, 5.41) is 4.06. The topological polar surface area (TPSA) is 12.9 Å². The molecule has 0 aromatic carbocycles. The van der Waals surface area contributed by atoms with Crippen molar-refractivity contribution in [1.29, 1.82) is 0 Å². The van der Waals surface area contributed by atoms with Gasteiger partial charge in [-0.15, -0.1) is 0 Å². The Bertz CT molecular complexity index is 206. The molecule has 1 nitrogen and oxygen atoms in total. The Morgan fingerprint density at radius 3 is 2.50 bits per heavy atom. The molecule has 1 heterocycles. The standard InChI is InChI=1S/C6H6N.2C2H5.Al/c1-6-4-2-3-5-7-6;2*1-2;/h2-5H,1H2;2*1H2,2H3;. The van der Waals surface area contributed by atoms with E-state index in [0.717, 1.165) is 0 Å². The molecular formula is C10H16AlN. The smallest absolute Gasteiger partial charge is 0.263 e. The molecule has 0 radical (unpaired) electrons. The van der Waals surface area contributed by atoms with Crippen LogP contribution >= 0.6 is 0 Å². The van der Waals surface area contributed by atoms with E-state index in [4.69, 9.17) is 0 Å². The van der Waals surface area contributed by atoms with Crippen LogP contribution in [0.2, 0.25) is 10.6 Å². The van der Waals surface area contributed by atoms with E-state index in [1.165, 1.54) is 21.5 Å². The van der Waals surface area contributed by atoms with Gasteiger partial charge in [0.1, 0.15) is 0 Å². The molecule has 2 heteroatoms. The summed E-state index contributed by atoms with van der Waals surface area (Å²) in [5.74, 6) is 0. The highest BCUT2D eigenvalue weighted by Crippen LogP contribution is 2.05. The average molecular weight is 177 g/mol. The second-order valence-corrected chi connectivity index (χ2v) is 6.98. The van der Waals surface area contributed by atoms with Crippen LogP contribution in [0.4, 0.5) is 0 Å². The molecule has 0 fully saturated rings. The Kier molecular flexibility index (Phi) is 4.35. The second kappa shape index (κ2) is 5.35. The summed E-state index contributed by atoms with van der Waals surface area (Å²) in [4.78, 5) is 4.35. The third-order valence-electron chi connectivity index (χ3n) is 2.38. The highest BCUT2D eigenvalue weighted by Gasteiger charge is 2.12. The van der Waals surface area contributed by atoms with E-state index in [9.17, 15) is 0 Å². The highest BCUT2D eigenvalue weighted by atomic mass is 27.2. The lowest BCUT2D eigenvalue weighted by molar-refractivity contribution is 1.12. The Balaban J connectivity index is 2.51. The van der Waals surface area contributed by atoms with E-state index in [1.807, 2.05) is 12.3 Å². The first-order valence-electron chi connectivity index (χ1n) is 4.76. The minimum Gasteiger partial charge on any atom is -0.263 e. The van der Waals surface area contributed by atoms with Gasteiger partial charge in [-0.1, -0.05) is 35.8 Å². The lowest BCUT2D eigenvalue weighted by Gasteiger charge is -2.04. The molecule has 0 aliphatic heterocycles. The molecule has 12 heavy (non-hydrogen) atoms. The molecule has 0 unspecified atom stereocenters. The monoisotopic (exact) mass is 177 g/mol. The summed E-state index contributed by atoms with van der Waals surface area (Å²) in [6.45, 7) is 4.62. The predicted molar refractivity (Wildman–Crippen MR) is 54.7 cm³/mol. The first-order chi connectivity index (χ1) is 5.86. The van der Waals surface area contributed by atoms with Gasteiger partial charge < -0.3 is 0 Å². The molecule has 1 aromatic rings. The van der Waals surface area contributed by atoms with Crippen molar-refractivity contribution < 1.29 is 0 Å². The normalized spacial score (nSPS) is 9.83. The fraction of sp³-hybridized carbons (Fsp3) is 0.500. The molecule has 0 bridgehead atoms. The van der Waals surface area contributed by atoms with E-state index in [1.54, 1.807) is 0 Å². The van der Waals surface area contributed by atoms with Crippen molar-refractivity contribution >= 4 is 14.1 Å². The van der Waals surface area contributed by atoms with Crippen LogP contribution in [0.5, 0.6) is 0 Å². The summed E-state index contributed by atoms with van der Waals surface area (Å²) in [5.41, 5.74) is 1.29. The van der Waals surface area contributed by atoms with Gasteiger partial charge in [-0.05, 0) is 12.1 Å². The molecule has 0 aliphatic rings. The van der Waals surface area contributed by atoms with Crippen molar-refractivity contribution in [3.63, 3.8) is 0 Å². The maximum atomic E-state index is 4.35. The predicted octanol–water partition coefficient (Wildman–Crippen LogP) is 2.70. The van der Waals surface area contributed by atoms with E-state index >= 15 is 0 Å². The minimum atomic E-state index is -0.481. The number of nitrogens with zero attached hydrogens (tertiary/aromatic N) is 1. The average Bonchev–Trinajstić information content (AvgIpc) is 2.16. The molecule has 1 aromatic heterocycles. The summed E-state index contributed by atoms with van der Waals surface area (Å²) in [6, 6.07) is 6.21. The van der Waals surface area contributed by atoms with Crippen LogP contribution in [0.3, 0.4) is 0 Å². The van der Waals surface area contributed by atoms with E-state index in [2.05, 4.69) is 31.0 Å². The second-order valence-electron chi connectivity index (χ2n) is 3.21. The van der Waals surface area contributed by atoms with Gasteiger partial charge in [-0.3, -0.25) is 4.98 Å². The van der Waals surface area contributed by atoms with Crippen LogP contribution in [0.25, 0.3) is 0 Å². The van der Waals surface area contributed by atoms with Gasteiger partial charge in [0.2, 0.25) is 0 Å². The van der Waals surface area contributed by atoms with Gasteiger partial charge in [-0.2, -0.15) is 0 Å². The molecule has 1 rings (SSSR count). The molecular weight excluding hydrogens is 161 g/mol. The van der Waals surface area contributed by atoms with E-state index in [-0.39, 0.29) is 0 Å². The van der Waals surface area contributed by atoms with E-state index in [0.29, 0.717) is 0 Å². The fourth-order valence-corrected chi connectivity index (χ4v) is 3.38. The third-order valence-corrected chi connectivity index (χ3v) is 5.68. The first kappa shape index (κ1) is 9.77. The summed E-state index contributed by atoms with van der Waals surface area (Å²) < 4.78 is 0. The zero-order valence-electron chi connectivity index (χ0n) is 7.96. The zero-order valence-corrected chi connectivity index (χ0v) is 9.11. The summed E-state index contributed by atoms with van der Waals surface area (Å²) in [6.07, 6.45) is 1.89.